The van der Waals surface area contributed by atoms with Gasteiger partial charge in [0.25, 0.3) is 0 Å². The van der Waals surface area contributed by atoms with Crippen LogP contribution in [0.15, 0.2) is 18.7 Å². The van der Waals surface area contributed by atoms with E-state index >= 15 is 0 Å². The Balaban J connectivity index is 1.53. The van der Waals surface area contributed by atoms with E-state index in [1.807, 2.05) is 18.7 Å². The predicted octanol–water partition coefficient (Wildman–Crippen LogP) is 1.35. The number of hydrogen-bond acceptors (Lipinski definition) is 3. The summed E-state index contributed by atoms with van der Waals surface area (Å²) >= 11 is 0. The van der Waals surface area contributed by atoms with Crippen LogP contribution in [0.25, 0.3) is 0 Å². The van der Waals surface area contributed by atoms with Crippen molar-refractivity contribution in [1.29, 1.82) is 0 Å². The van der Waals surface area contributed by atoms with Crippen molar-refractivity contribution >= 4 is 0 Å². The molecule has 0 radical (unpaired) electrons. The van der Waals surface area contributed by atoms with Crippen LogP contribution in [0.5, 0.6) is 0 Å². The van der Waals surface area contributed by atoms with E-state index in [2.05, 4.69) is 26.8 Å². The van der Waals surface area contributed by atoms with Gasteiger partial charge in [-0.25, -0.2) is 4.98 Å². The van der Waals surface area contributed by atoms with Gasteiger partial charge in [-0.2, -0.15) is 0 Å². The van der Waals surface area contributed by atoms with Gasteiger partial charge in [0.05, 0.1) is 6.33 Å². The number of piperidine rings is 1. The van der Waals surface area contributed by atoms with Gasteiger partial charge in [0.1, 0.15) is 0 Å². The van der Waals surface area contributed by atoms with Gasteiger partial charge in [-0.15, -0.1) is 0 Å². The average molecular weight is 236 g/mol. The van der Waals surface area contributed by atoms with Crippen LogP contribution in [0.4, 0.5) is 0 Å². The summed E-state index contributed by atoms with van der Waals surface area (Å²) in [5, 5.41) is 3.57. The topological polar surface area (TPSA) is 33.1 Å². The third kappa shape index (κ3) is 4.13. The summed E-state index contributed by atoms with van der Waals surface area (Å²) < 4.78 is 2.13. The maximum atomic E-state index is 4.04. The molecule has 1 aliphatic rings. The smallest absolute Gasteiger partial charge is 0.0945 e. The number of aromatic nitrogens is 2. The molecule has 1 atom stereocenters. The van der Waals surface area contributed by atoms with E-state index in [0.717, 1.165) is 25.7 Å². The predicted molar refractivity (Wildman–Crippen MR) is 70.0 cm³/mol. The quantitative estimate of drug-likeness (QED) is 0.757. The van der Waals surface area contributed by atoms with Crippen molar-refractivity contribution in [2.45, 2.75) is 38.3 Å². The normalized spacial score (nSPS) is 21.8. The van der Waals surface area contributed by atoms with E-state index in [1.54, 1.807) is 0 Å². The molecule has 2 rings (SSSR count). The Kier molecular flexibility index (Phi) is 5.01. The Morgan fingerprint density at radius 2 is 2.35 bits per heavy atom. The van der Waals surface area contributed by atoms with E-state index < -0.39 is 0 Å². The molecule has 1 aromatic heterocycles. The number of imidazole rings is 1. The largest absolute Gasteiger partial charge is 0.337 e. The lowest BCUT2D eigenvalue weighted by Gasteiger charge is -2.32. The molecule has 0 aliphatic carbocycles. The second-order valence-electron chi connectivity index (χ2n) is 4.99. The molecular formula is C13H24N4. The van der Waals surface area contributed by atoms with Gasteiger partial charge < -0.3 is 14.8 Å². The number of aryl methyl sites for hydroxylation is 1. The lowest BCUT2D eigenvalue weighted by molar-refractivity contribution is 0.181. The first-order chi connectivity index (χ1) is 8.36. The molecule has 1 fully saturated rings. The summed E-state index contributed by atoms with van der Waals surface area (Å²) in [7, 11) is 2.25. The van der Waals surface area contributed by atoms with Gasteiger partial charge in [0.2, 0.25) is 0 Å². The molecule has 1 N–H and O–H groups in total. The molecule has 0 spiro atoms. The number of likely N-dealkylation sites (tertiary alicyclic amines) is 1. The number of rotatable bonds is 6. The van der Waals surface area contributed by atoms with Crippen molar-refractivity contribution in [3.63, 3.8) is 0 Å². The summed E-state index contributed by atoms with van der Waals surface area (Å²) in [6.07, 6.45) is 11.0. The number of hydrogen-bond donors (Lipinski definition) is 1. The zero-order chi connectivity index (χ0) is 11.9. The summed E-state index contributed by atoms with van der Waals surface area (Å²) in [5.41, 5.74) is 0. The number of likely N-dealkylation sites (N-methyl/N-ethyl adjacent to an activating group) is 1. The van der Waals surface area contributed by atoms with Crippen LogP contribution in [0.1, 0.15) is 25.7 Å². The molecule has 0 saturated carbocycles. The molecule has 0 amide bonds. The monoisotopic (exact) mass is 236 g/mol. The van der Waals surface area contributed by atoms with Crippen molar-refractivity contribution in [1.82, 2.24) is 19.8 Å². The molecule has 4 nitrogen and oxygen atoms in total. The molecule has 1 saturated heterocycles. The van der Waals surface area contributed by atoms with Crippen LogP contribution in [0.2, 0.25) is 0 Å². The Hall–Kier alpha value is -0.870. The molecule has 17 heavy (non-hydrogen) atoms. The molecule has 1 aliphatic heterocycles. The van der Waals surface area contributed by atoms with Gasteiger partial charge in [-0.3, -0.25) is 0 Å². The minimum absolute atomic E-state index is 0.747. The third-order valence-electron chi connectivity index (χ3n) is 3.63. The maximum absolute atomic E-state index is 4.04. The molecule has 1 aromatic rings. The first-order valence-corrected chi connectivity index (χ1v) is 6.73. The van der Waals surface area contributed by atoms with Crippen LogP contribution < -0.4 is 5.32 Å². The van der Waals surface area contributed by atoms with Crippen LogP contribution in [0, 0.1) is 0 Å². The molecule has 0 aromatic carbocycles. The zero-order valence-corrected chi connectivity index (χ0v) is 10.8. The highest BCUT2D eigenvalue weighted by atomic mass is 15.2. The fourth-order valence-electron chi connectivity index (χ4n) is 2.48. The first kappa shape index (κ1) is 12.6. The Morgan fingerprint density at radius 3 is 3.12 bits per heavy atom. The maximum Gasteiger partial charge on any atom is 0.0945 e. The lowest BCUT2D eigenvalue weighted by Crippen LogP contribution is -2.43. The fraction of sp³-hybridized carbons (Fsp3) is 0.769. The highest BCUT2D eigenvalue weighted by molar-refractivity contribution is 4.76. The Labute approximate surface area is 104 Å². The molecule has 0 bridgehead atoms. The van der Waals surface area contributed by atoms with E-state index in [4.69, 9.17) is 0 Å². The minimum Gasteiger partial charge on any atom is -0.337 e. The van der Waals surface area contributed by atoms with Gasteiger partial charge in [0.15, 0.2) is 0 Å². The summed E-state index contributed by atoms with van der Waals surface area (Å²) in [6, 6.07) is 0.747. The van der Waals surface area contributed by atoms with Crippen LogP contribution >= 0.6 is 0 Å². The minimum atomic E-state index is 0.747. The Morgan fingerprint density at radius 1 is 1.41 bits per heavy atom. The number of nitrogens with zero attached hydrogens (tertiary/aromatic N) is 3. The SMILES string of the molecule is CN1CCCCC1CNCCCn1ccnc1. The highest BCUT2D eigenvalue weighted by Crippen LogP contribution is 2.13. The first-order valence-electron chi connectivity index (χ1n) is 6.73. The average Bonchev–Trinajstić information content (AvgIpc) is 2.84. The molecule has 2 heterocycles. The van der Waals surface area contributed by atoms with Gasteiger partial charge in [-0.05, 0) is 39.4 Å². The van der Waals surface area contributed by atoms with Crippen molar-refractivity contribution in [2.75, 3.05) is 26.7 Å². The van der Waals surface area contributed by atoms with Crippen LogP contribution in [-0.2, 0) is 6.54 Å². The lowest BCUT2D eigenvalue weighted by atomic mass is 10.0. The van der Waals surface area contributed by atoms with E-state index in [-0.39, 0.29) is 0 Å². The molecule has 1 unspecified atom stereocenters. The summed E-state index contributed by atoms with van der Waals surface area (Å²) in [4.78, 5) is 6.53. The van der Waals surface area contributed by atoms with Gasteiger partial charge >= 0.3 is 0 Å². The van der Waals surface area contributed by atoms with E-state index in [0.29, 0.717) is 0 Å². The second kappa shape index (κ2) is 6.77. The second-order valence-corrected chi connectivity index (χ2v) is 4.99. The van der Waals surface area contributed by atoms with Gasteiger partial charge in [-0.1, -0.05) is 6.42 Å². The van der Waals surface area contributed by atoms with Crippen molar-refractivity contribution < 1.29 is 0 Å². The molecule has 96 valence electrons. The van der Waals surface area contributed by atoms with Crippen molar-refractivity contribution in [2.24, 2.45) is 0 Å². The zero-order valence-electron chi connectivity index (χ0n) is 10.8. The molecular weight excluding hydrogens is 212 g/mol. The Bertz CT molecular complexity index is 296. The van der Waals surface area contributed by atoms with Crippen molar-refractivity contribution in [3.05, 3.63) is 18.7 Å². The van der Waals surface area contributed by atoms with Gasteiger partial charge in [0, 0.05) is 31.5 Å². The van der Waals surface area contributed by atoms with Crippen LogP contribution in [-0.4, -0.2) is 47.2 Å². The fourth-order valence-corrected chi connectivity index (χ4v) is 2.48. The van der Waals surface area contributed by atoms with E-state index in [1.165, 1.54) is 32.2 Å². The van der Waals surface area contributed by atoms with E-state index in [9.17, 15) is 0 Å². The summed E-state index contributed by atoms with van der Waals surface area (Å²) in [6.45, 7) is 4.57. The van der Waals surface area contributed by atoms with Crippen LogP contribution in [0.3, 0.4) is 0 Å². The van der Waals surface area contributed by atoms with Crippen molar-refractivity contribution in [3.8, 4) is 0 Å². The highest BCUT2D eigenvalue weighted by Gasteiger charge is 2.17. The molecule has 4 heteroatoms. The number of nitrogens with one attached hydrogen (secondary N) is 1. The third-order valence-corrected chi connectivity index (χ3v) is 3.63. The standard InChI is InChI=1S/C13H24N4/c1-16-8-3-2-5-13(16)11-14-6-4-9-17-10-7-15-12-17/h7,10,12-14H,2-6,8-9,11H2,1H3. The summed E-state index contributed by atoms with van der Waals surface area (Å²) in [5.74, 6) is 0.